The predicted molar refractivity (Wildman–Crippen MR) is 72.4 cm³/mol. The molecule has 20 heavy (non-hydrogen) atoms. The Hall–Kier alpha value is -1.23. The Bertz CT molecular complexity index is 490. The van der Waals surface area contributed by atoms with Crippen molar-refractivity contribution < 1.29 is 13.2 Å². The van der Waals surface area contributed by atoms with Crippen LogP contribution in [0.15, 0.2) is 18.2 Å². The van der Waals surface area contributed by atoms with Crippen LogP contribution in [0.3, 0.4) is 0 Å². The minimum Gasteiger partial charge on any atom is -0.368 e. The second-order valence-electron chi connectivity index (χ2n) is 5.87. The van der Waals surface area contributed by atoms with E-state index in [2.05, 4.69) is 4.90 Å². The number of nitrogens with two attached hydrogens (primary N) is 1. The van der Waals surface area contributed by atoms with E-state index in [-0.39, 0.29) is 6.54 Å². The first kappa shape index (κ1) is 13.7. The number of rotatable bonds is 5. The average Bonchev–Trinajstić information content (AvgIpc) is 3.26. The van der Waals surface area contributed by atoms with Crippen LogP contribution >= 0.6 is 0 Å². The zero-order chi connectivity index (χ0) is 14.3. The first-order valence-corrected chi connectivity index (χ1v) is 7.16. The van der Waals surface area contributed by atoms with Gasteiger partial charge in [-0.05, 0) is 55.4 Å². The second-order valence-corrected chi connectivity index (χ2v) is 5.87. The lowest BCUT2D eigenvalue weighted by Gasteiger charge is -2.27. The monoisotopic (exact) mass is 284 g/mol. The smallest absolute Gasteiger partial charge is 0.368 e. The number of hydrogen-bond donors (Lipinski definition) is 1. The number of anilines is 1. The maximum atomic E-state index is 12.8. The van der Waals surface area contributed by atoms with Gasteiger partial charge in [0.05, 0.1) is 5.56 Å². The lowest BCUT2D eigenvalue weighted by Crippen LogP contribution is -2.29. The Kier molecular flexibility index (Phi) is 3.40. The third-order valence-electron chi connectivity index (χ3n) is 4.08. The molecule has 0 bridgehead atoms. The minimum atomic E-state index is -4.30. The summed E-state index contributed by atoms with van der Waals surface area (Å²) in [5, 5.41) is 0. The Labute approximate surface area is 116 Å². The summed E-state index contributed by atoms with van der Waals surface area (Å²) in [7, 11) is 0. The molecule has 1 aromatic carbocycles. The summed E-state index contributed by atoms with van der Waals surface area (Å²) in [6.45, 7) is 1.11. The highest BCUT2D eigenvalue weighted by Gasteiger charge is 2.36. The lowest BCUT2D eigenvalue weighted by atomic mass is 10.1. The molecule has 0 atom stereocenters. The molecule has 0 amide bonds. The number of alkyl halides is 3. The zero-order valence-corrected chi connectivity index (χ0v) is 11.3. The van der Waals surface area contributed by atoms with Crippen molar-refractivity contribution in [3.05, 3.63) is 29.3 Å². The molecule has 2 fully saturated rings. The highest BCUT2D eigenvalue weighted by atomic mass is 19.4. The SMILES string of the molecule is NCc1cc(C(F)(F)F)ccc1N(CC1CC1)C1CC1. The normalized spacial score (nSPS) is 19.2. The topological polar surface area (TPSA) is 29.3 Å². The number of nitrogens with zero attached hydrogens (tertiary/aromatic N) is 1. The van der Waals surface area contributed by atoms with E-state index in [0.29, 0.717) is 17.5 Å². The van der Waals surface area contributed by atoms with E-state index < -0.39 is 11.7 Å². The summed E-state index contributed by atoms with van der Waals surface area (Å²) >= 11 is 0. The average molecular weight is 284 g/mol. The van der Waals surface area contributed by atoms with Crippen molar-refractivity contribution >= 4 is 5.69 Å². The molecule has 0 radical (unpaired) electrons. The Morgan fingerprint density at radius 3 is 2.35 bits per heavy atom. The molecule has 0 unspecified atom stereocenters. The Balaban J connectivity index is 1.90. The molecule has 0 spiro atoms. The van der Waals surface area contributed by atoms with Crippen LogP contribution in [0.1, 0.15) is 36.8 Å². The molecule has 0 aromatic heterocycles. The van der Waals surface area contributed by atoms with Gasteiger partial charge in [-0.15, -0.1) is 0 Å². The summed E-state index contributed by atoms with van der Waals surface area (Å²) in [6.07, 6.45) is 0.447. The minimum absolute atomic E-state index is 0.146. The van der Waals surface area contributed by atoms with Gasteiger partial charge < -0.3 is 10.6 Å². The molecule has 0 saturated heterocycles. The molecule has 2 saturated carbocycles. The third-order valence-corrected chi connectivity index (χ3v) is 4.08. The number of halogens is 3. The third kappa shape index (κ3) is 2.92. The lowest BCUT2D eigenvalue weighted by molar-refractivity contribution is -0.137. The van der Waals surface area contributed by atoms with Gasteiger partial charge in [0.1, 0.15) is 0 Å². The van der Waals surface area contributed by atoms with Crippen molar-refractivity contribution in [2.24, 2.45) is 11.7 Å². The fourth-order valence-corrected chi connectivity index (χ4v) is 2.61. The first-order chi connectivity index (χ1) is 9.49. The van der Waals surface area contributed by atoms with Crippen molar-refractivity contribution in [3.63, 3.8) is 0 Å². The van der Waals surface area contributed by atoms with Gasteiger partial charge in [-0.3, -0.25) is 0 Å². The summed E-state index contributed by atoms with van der Waals surface area (Å²) in [4.78, 5) is 2.28. The molecule has 110 valence electrons. The van der Waals surface area contributed by atoms with Crippen LogP contribution < -0.4 is 10.6 Å². The van der Waals surface area contributed by atoms with Crippen LogP contribution in [0.2, 0.25) is 0 Å². The van der Waals surface area contributed by atoms with E-state index >= 15 is 0 Å². The molecule has 2 nitrogen and oxygen atoms in total. The van der Waals surface area contributed by atoms with Crippen LogP contribution in [0.25, 0.3) is 0 Å². The van der Waals surface area contributed by atoms with E-state index in [4.69, 9.17) is 5.73 Å². The second kappa shape index (κ2) is 4.95. The van der Waals surface area contributed by atoms with E-state index in [0.717, 1.165) is 25.1 Å². The van der Waals surface area contributed by atoms with Gasteiger partial charge in [0, 0.05) is 24.8 Å². The van der Waals surface area contributed by atoms with Crippen molar-refractivity contribution in [2.45, 2.75) is 44.4 Å². The van der Waals surface area contributed by atoms with Crippen LogP contribution in [-0.4, -0.2) is 12.6 Å². The summed E-state index contributed by atoms with van der Waals surface area (Å²) in [5.41, 5.74) is 6.57. The van der Waals surface area contributed by atoms with Gasteiger partial charge in [0.25, 0.3) is 0 Å². The molecular formula is C15H19F3N2. The van der Waals surface area contributed by atoms with Crippen LogP contribution in [-0.2, 0) is 12.7 Å². The van der Waals surface area contributed by atoms with Crippen molar-refractivity contribution in [1.29, 1.82) is 0 Å². The maximum absolute atomic E-state index is 12.8. The summed E-state index contributed by atoms with van der Waals surface area (Å²) in [6, 6.07) is 4.48. The molecule has 2 aliphatic rings. The van der Waals surface area contributed by atoms with E-state index in [1.54, 1.807) is 6.07 Å². The molecule has 1 aromatic rings. The Morgan fingerprint density at radius 2 is 1.85 bits per heavy atom. The molecule has 0 aliphatic heterocycles. The molecule has 5 heteroatoms. The largest absolute Gasteiger partial charge is 0.416 e. The molecule has 2 N–H and O–H groups in total. The zero-order valence-electron chi connectivity index (χ0n) is 11.3. The Morgan fingerprint density at radius 1 is 1.15 bits per heavy atom. The van der Waals surface area contributed by atoms with Gasteiger partial charge in [-0.2, -0.15) is 13.2 Å². The first-order valence-electron chi connectivity index (χ1n) is 7.16. The van der Waals surface area contributed by atoms with Crippen molar-refractivity contribution in [3.8, 4) is 0 Å². The van der Waals surface area contributed by atoms with Crippen molar-refractivity contribution in [1.82, 2.24) is 0 Å². The van der Waals surface area contributed by atoms with E-state index in [1.807, 2.05) is 0 Å². The van der Waals surface area contributed by atoms with Gasteiger partial charge in [0.2, 0.25) is 0 Å². The van der Waals surface area contributed by atoms with E-state index in [9.17, 15) is 13.2 Å². The number of hydrogen-bond acceptors (Lipinski definition) is 2. The van der Waals surface area contributed by atoms with Crippen LogP contribution in [0, 0.1) is 5.92 Å². The molecule has 0 heterocycles. The van der Waals surface area contributed by atoms with Gasteiger partial charge in [-0.25, -0.2) is 0 Å². The summed E-state index contributed by atoms with van der Waals surface area (Å²) in [5.74, 6) is 0.712. The maximum Gasteiger partial charge on any atom is 0.416 e. The van der Waals surface area contributed by atoms with Crippen molar-refractivity contribution in [2.75, 3.05) is 11.4 Å². The summed E-state index contributed by atoms with van der Waals surface area (Å²) < 4.78 is 38.3. The van der Waals surface area contributed by atoms with Gasteiger partial charge in [0.15, 0.2) is 0 Å². The van der Waals surface area contributed by atoms with Gasteiger partial charge >= 0.3 is 6.18 Å². The molecular weight excluding hydrogens is 265 g/mol. The van der Waals surface area contributed by atoms with Gasteiger partial charge in [-0.1, -0.05) is 0 Å². The fraction of sp³-hybridized carbons (Fsp3) is 0.600. The highest BCUT2D eigenvalue weighted by Crippen LogP contribution is 2.40. The standard InChI is InChI=1S/C15H19F3N2/c16-15(17,18)12-3-6-14(11(7-12)8-19)20(13-4-5-13)9-10-1-2-10/h3,6-7,10,13H,1-2,4-5,8-9,19H2. The molecule has 2 aliphatic carbocycles. The fourth-order valence-electron chi connectivity index (χ4n) is 2.61. The predicted octanol–water partition coefficient (Wildman–Crippen LogP) is 3.54. The van der Waals surface area contributed by atoms with Crippen LogP contribution in [0.4, 0.5) is 18.9 Å². The highest BCUT2D eigenvalue weighted by molar-refractivity contribution is 5.57. The van der Waals surface area contributed by atoms with Crippen LogP contribution in [0.5, 0.6) is 0 Å². The van der Waals surface area contributed by atoms with E-state index in [1.165, 1.54) is 25.0 Å². The number of benzene rings is 1. The molecule has 3 rings (SSSR count). The quantitative estimate of drug-likeness (QED) is 0.896.